The molecule has 6 heteroatoms. The van der Waals surface area contributed by atoms with Gasteiger partial charge in [-0.25, -0.2) is 0 Å². The van der Waals surface area contributed by atoms with Crippen molar-refractivity contribution < 1.29 is 19.5 Å². The van der Waals surface area contributed by atoms with E-state index in [-0.39, 0.29) is 0 Å². The van der Waals surface area contributed by atoms with Crippen molar-refractivity contribution in [1.82, 2.24) is 4.90 Å². The summed E-state index contributed by atoms with van der Waals surface area (Å²) in [6, 6.07) is -3.42. The first-order valence-electron chi connectivity index (χ1n) is 7.07. The maximum absolute atomic E-state index is 10.9. The maximum atomic E-state index is 10.9. The van der Waals surface area contributed by atoms with Gasteiger partial charge in [0, 0.05) is 26.1 Å². The Morgan fingerprint density at radius 3 is 2.79 bits per heavy atom. The summed E-state index contributed by atoms with van der Waals surface area (Å²) < 4.78 is 52.6. The number of rotatable bonds is 5. The number of guanidine groups is 1. The highest BCUT2D eigenvalue weighted by molar-refractivity contribution is 5.77. The zero-order chi connectivity index (χ0) is 17.4. The molecule has 0 aliphatic rings. The third-order valence-electron chi connectivity index (χ3n) is 1.11. The maximum Gasteiger partial charge on any atom is 0.320 e. The van der Waals surface area contributed by atoms with Crippen LogP contribution in [0.4, 0.5) is 0 Å². The van der Waals surface area contributed by atoms with Crippen molar-refractivity contribution in [3.63, 3.8) is 0 Å². The van der Waals surface area contributed by atoms with Gasteiger partial charge in [0.2, 0.25) is 0 Å². The van der Waals surface area contributed by atoms with Crippen LogP contribution in [0.5, 0.6) is 0 Å². The number of hydrogen-bond donors (Lipinski definition) is 3. The minimum atomic E-state index is -3.61. The topological polar surface area (TPSA) is 105 Å². The number of nitrogens with two attached hydrogens (primary N) is 2. The number of carboxylic acids is 1. The smallest absolute Gasteiger partial charge is 0.320 e. The lowest BCUT2D eigenvalue weighted by Gasteiger charge is -2.10. The predicted octanol–water partition coefficient (Wildman–Crippen LogP) is -0.945. The van der Waals surface area contributed by atoms with Crippen LogP contribution in [0.3, 0.4) is 0 Å². The summed E-state index contributed by atoms with van der Waals surface area (Å²) >= 11 is 0. The average molecular weight is 209 g/mol. The van der Waals surface area contributed by atoms with Crippen LogP contribution in [0.15, 0.2) is 4.99 Å². The molecule has 0 bridgehead atoms. The molecular formula is C8H18N4O2. The van der Waals surface area contributed by atoms with E-state index in [9.17, 15) is 4.79 Å². The highest BCUT2D eigenvalue weighted by atomic mass is 16.4. The van der Waals surface area contributed by atoms with Crippen molar-refractivity contribution >= 4 is 11.9 Å². The lowest BCUT2D eigenvalue weighted by atomic mass is 10.2. The van der Waals surface area contributed by atoms with Crippen LogP contribution < -0.4 is 11.5 Å². The number of nitrogens with zero attached hydrogens (tertiary/aromatic N) is 2. The van der Waals surface area contributed by atoms with E-state index in [2.05, 4.69) is 4.99 Å². The Morgan fingerprint density at radius 2 is 2.36 bits per heavy atom. The van der Waals surface area contributed by atoms with Crippen LogP contribution in [0.1, 0.15) is 22.3 Å². The molecule has 0 heterocycles. The predicted molar refractivity (Wildman–Crippen MR) is 55.0 cm³/mol. The van der Waals surface area contributed by atoms with Crippen LogP contribution in [0, 0.1) is 0 Å². The fraction of sp³-hybridized carbons (Fsp3) is 0.750. The molecule has 0 saturated carbocycles. The number of hydrogen-bond acceptors (Lipinski definition) is 3. The second-order valence-corrected chi connectivity index (χ2v) is 2.45. The van der Waals surface area contributed by atoms with Crippen LogP contribution in [0.25, 0.3) is 0 Å². The Kier molecular flexibility index (Phi) is 2.20. The fourth-order valence-electron chi connectivity index (χ4n) is 0.334. The van der Waals surface area contributed by atoms with Gasteiger partial charge < -0.3 is 21.5 Å². The molecule has 0 aromatic carbocycles. The van der Waals surface area contributed by atoms with E-state index in [0.29, 0.717) is 0 Å². The zero-order valence-corrected chi connectivity index (χ0v) is 7.90. The Hall–Kier alpha value is -1.30. The van der Waals surface area contributed by atoms with Gasteiger partial charge in [0.05, 0.1) is 4.11 Å². The van der Waals surface area contributed by atoms with E-state index < -0.39 is 37.2 Å². The van der Waals surface area contributed by atoms with Gasteiger partial charge in [0.25, 0.3) is 0 Å². The van der Waals surface area contributed by atoms with Gasteiger partial charge >= 0.3 is 5.97 Å². The van der Waals surface area contributed by atoms with Gasteiger partial charge in [0.1, 0.15) is 6.02 Å². The third-order valence-corrected chi connectivity index (χ3v) is 1.11. The van der Waals surface area contributed by atoms with E-state index in [4.69, 9.17) is 26.2 Å². The van der Waals surface area contributed by atoms with E-state index in [0.717, 1.165) is 4.90 Å². The number of carboxylic acid groups (broad SMARTS) is 1. The molecule has 82 valence electrons. The van der Waals surface area contributed by atoms with Crippen molar-refractivity contribution in [3.8, 4) is 0 Å². The second kappa shape index (κ2) is 6.20. The highest BCUT2D eigenvalue weighted by Gasteiger charge is 2.09. The van der Waals surface area contributed by atoms with Crippen molar-refractivity contribution in [2.75, 3.05) is 20.6 Å². The fourth-order valence-corrected chi connectivity index (χ4v) is 0.334. The zero-order valence-electron chi connectivity index (χ0n) is 14.9. The van der Waals surface area contributed by atoms with Crippen molar-refractivity contribution in [2.24, 2.45) is 16.5 Å². The first kappa shape index (κ1) is 4.97. The lowest BCUT2D eigenvalue weighted by Crippen LogP contribution is -2.31. The van der Waals surface area contributed by atoms with Gasteiger partial charge in [-0.05, 0) is 12.7 Å². The second-order valence-electron chi connectivity index (χ2n) is 2.45. The van der Waals surface area contributed by atoms with E-state index in [1.165, 1.54) is 14.1 Å². The first-order valence-corrected chi connectivity index (χ1v) is 3.57. The molecule has 0 amide bonds. The van der Waals surface area contributed by atoms with Gasteiger partial charge in [-0.15, -0.1) is 0 Å². The molecule has 6 nitrogen and oxygen atoms in total. The molecule has 0 spiro atoms. The molecule has 5 N–H and O–H groups in total. The van der Waals surface area contributed by atoms with Crippen molar-refractivity contribution in [3.05, 3.63) is 0 Å². The Morgan fingerprint density at radius 1 is 1.79 bits per heavy atom. The first-order chi connectivity index (χ1) is 9.02. The SMILES string of the molecule is [2H]C([2H])(N=C(N)N(C)C)C([2H])([2H])C([2H])([2H])C([2H])(N)C(=O)O. The number of aliphatic carboxylic acids is 1. The molecule has 14 heavy (non-hydrogen) atoms. The summed E-state index contributed by atoms with van der Waals surface area (Å²) in [5.74, 6) is -2.58. The molecule has 0 saturated heterocycles. The highest BCUT2D eigenvalue weighted by Crippen LogP contribution is 1.95. The minimum Gasteiger partial charge on any atom is -0.480 e. The summed E-state index contributed by atoms with van der Waals surface area (Å²) in [5.41, 5.74) is 10.4. The summed E-state index contributed by atoms with van der Waals surface area (Å²) in [7, 11) is 2.79. The van der Waals surface area contributed by atoms with Gasteiger partial charge in [-0.1, -0.05) is 0 Å². The van der Waals surface area contributed by atoms with Gasteiger partial charge in [-0.2, -0.15) is 0 Å². The van der Waals surface area contributed by atoms with E-state index in [1.54, 1.807) is 0 Å². The normalized spacial score (nSPS) is 26.5. The lowest BCUT2D eigenvalue weighted by molar-refractivity contribution is -0.138. The van der Waals surface area contributed by atoms with Crippen molar-refractivity contribution in [1.29, 1.82) is 0 Å². The Labute approximate surface area is 93.4 Å². The quantitative estimate of drug-likeness (QED) is 0.400. The third kappa shape index (κ3) is 5.36. The summed E-state index contributed by atoms with van der Waals surface area (Å²) in [4.78, 5) is 15.2. The van der Waals surface area contributed by atoms with Crippen LogP contribution >= 0.6 is 0 Å². The summed E-state index contributed by atoms with van der Waals surface area (Å²) in [5, 5.41) is 8.77. The van der Waals surface area contributed by atoms with E-state index in [1.807, 2.05) is 0 Å². The largest absolute Gasteiger partial charge is 0.480 e. The van der Waals surface area contributed by atoms with Gasteiger partial charge in [-0.3, -0.25) is 9.79 Å². The molecule has 0 aromatic heterocycles. The Bertz CT molecular complexity index is 450. The monoisotopic (exact) mass is 209 g/mol. The molecule has 0 aliphatic heterocycles. The Balaban J connectivity index is 5.97. The molecule has 1 atom stereocenters. The van der Waals surface area contributed by atoms with Crippen LogP contribution in [-0.4, -0.2) is 48.5 Å². The summed E-state index contributed by atoms with van der Waals surface area (Å²) in [6.07, 6.45) is -7.15. The van der Waals surface area contributed by atoms with Gasteiger partial charge in [0.15, 0.2) is 5.96 Å². The standard InChI is InChI=1S/C8H18N4O2/c1-12(2)8(10)11-5-3-4-6(9)7(13)14/h6H,3-5,9H2,1-2H3,(H2,10,11)(H,13,14)/i3D2,4D2,5D2,6D. The molecule has 0 radical (unpaired) electrons. The van der Waals surface area contributed by atoms with Crippen molar-refractivity contribution in [2.45, 2.75) is 18.8 Å². The number of carbonyl (C=O) groups is 1. The molecular weight excluding hydrogens is 184 g/mol. The van der Waals surface area contributed by atoms with Crippen LogP contribution in [-0.2, 0) is 4.79 Å². The number of aliphatic imine (C=N–C) groups is 1. The van der Waals surface area contributed by atoms with E-state index >= 15 is 0 Å². The molecule has 1 unspecified atom stereocenters. The molecule has 0 rings (SSSR count). The van der Waals surface area contributed by atoms with Crippen LogP contribution in [0.2, 0.25) is 0 Å². The molecule has 0 aliphatic carbocycles. The molecule has 0 aromatic rings. The summed E-state index contributed by atoms with van der Waals surface area (Å²) in [6.45, 7) is -3.26. The average Bonchev–Trinajstić information content (AvgIpc) is 2.26. The molecule has 0 fully saturated rings. The minimum absolute atomic E-state index is 0.442.